The molecule has 0 aliphatic carbocycles. The topological polar surface area (TPSA) is 54.9 Å². The Morgan fingerprint density at radius 1 is 1.30 bits per heavy atom. The largest absolute Gasteiger partial charge is 0.496 e. The smallest absolute Gasteiger partial charge is 0.191 e. The van der Waals surface area contributed by atoms with Crippen molar-refractivity contribution in [3.05, 3.63) is 51.2 Å². The summed E-state index contributed by atoms with van der Waals surface area (Å²) in [6, 6.07) is 8.03. The number of thiophene rings is 1. The van der Waals surface area contributed by atoms with Gasteiger partial charge in [-0.25, -0.2) is 0 Å². The van der Waals surface area contributed by atoms with Crippen molar-refractivity contribution in [3.63, 3.8) is 0 Å². The van der Waals surface area contributed by atoms with Crippen LogP contribution in [0.5, 0.6) is 5.75 Å². The molecule has 1 saturated heterocycles. The molecule has 3 rings (SSSR count). The number of rotatable bonds is 7. The molecule has 1 aliphatic rings. The first-order valence-electron chi connectivity index (χ1n) is 9.96. The van der Waals surface area contributed by atoms with E-state index in [-0.39, 0.29) is 29.4 Å². The fourth-order valence-corrected chi connectivity index (χ4v) is 4.75. The van der Waals surface area contributed by atoms with Crippen LogP contribution in [0.1, 0.15) is 36.8 Å². The second-order valence-electron chi connectivity index (χ2n) is 7.50. The Hall–Kier alpha value is -1.03. The quantitative estimate of drug-likeness (QED) is 0.281. The lowest BCUT2D eigenvalue weighted by atomic mass is 9.73. The van der Waals surface area contributed by atoms with E-state index >= 15 is 0 Å². The fraction of sp³-hybridized carbons (Fsp3) is 0.500. The van der Waals surface area contributed by atoms with Gasteiger partial charge in [0.15, 0.2) is 5.96 Å². The van der Waals surface area contributed by atoms with Gasteiger partial charge >= 0.3 is 0 Å². The summed E-state index contributed by atoms with van der Waals surface area (Å²) in [4.78, 5) is 4.42. The van der Waals surface area contributed by atoms with E-state index in [4.69, 9.17) is 21.1 Å². The molecule has 0 radical (unpaired) electrons. The number of halogens is 2. The van der Waals surface area contributed by atoms with Gasteiger partial charge < -0.3 is 20.1 Å². The van der Waals surface area contributed by atoms with Crippen molar-refractivity contribution in [1.29, 1.82) is 0 Å². The van der Waals surface area contributed by atoms with Gasteiger partial charge in [-0.1, -0.05) is 18.5 Å². The number of ether oxygens (including phenoxy) is 2. The van der Waals surface area contributed by atoms with Crippen molar-refractivity contribution < 1.29 is 9.47 Å². The monoisotopic (exact) mass is 563 g/mol. The molecule has 1 aliphatic heterocycles. The van der Waals surface area contributed by atoms with Crippen LogP contribution in [-0.2, 0) is 10.2 Å². The molecule has 1 aromatic heterocycles. The summed E-state index contributed by atoms with van der Waals surface area (Å²) < 4.78 is 11.3. The highest BCUT2D eigenvalue weighted by Crippen LogP contribution is 2.40. The lowest BCUT2D eigenvalue weighted by molar-refractivity contribution is 0.0505. The maximum absolute atomic E-state index is 6.34. The number of benzene rings is 1. The molecular weight excluding hydrogens is 533 g/mol. The Labute approximate surface area is 205 Å². The highest BCUT2D eigenvalue weighted by atomic mass is 127. The van der Waals surface area contributed by atoms with Crippen LogP contribution >= 0.6 is 46.9 Å². The van der Waals surface area contributed by atoms with Gasteiger partial charge in [0.2, 0.25) is 0 Å². The van der Waals surface area contributed by atoms with E-state index in [2.05, 4.69) is 39.4 Å². The van der Waals surface area contributed by atoms with Crippen LogP contribution in [0, 0.1) is 0 Å². The van der Waals surface area contributed by atoms with Crippen LogP contribution in [0.2, 0.25) is 5.02 Å². The van der Waals surface area contributed by atoms with Crippen molar-refractivity contribution in [1.82, 2.24) is 10.6 Å². The molecule has 1 unspecified atom stereocenters. The number of guanidine groups is 1. The van der Waals surface area contributed by atoms with Gasteiger partial charge in [0.25, 0.3) is 0 Å². The molecule has 166 valence electrons. The molecule has 1 atom stereocenters. The van der Waals surface area contributed by atoms with Crippen molar-refractivity contribution >= 4 is 52.9 Å². The molecule has 1 aromatic carbocycles. The Kier molecular flexibility index (Phi) is 10.2. The number of hydrogen-bond acceptors (Lipinski definition) is 4. The second-order valence-corrected chi connectivity index (χ2v) is 8.72. The van der Waals surface area contributed by atoms with Crippen LogP contribution in [-0.4, -0.2) is 46.4 Å². The van der Waals surface area contributed by atoms with E-state index in [1.54, 1.807) is 25.5 Å². The van der Waals surface area contributed by atoms with E-state index in [1.165, 1.54) is 5.56 Å². The molecule has 0 amide bonds. The van der Waals surface area contributed by atoms with E-state index in [0.29, 0.717) is 5.92 Å². The number of aliphatic imine (C=N–C) groups is 1. The summed E-state index contributed by atoms with van der Waals surface area (Å²) in [6.07, 6.45) is 1.80. The van der Waals surface area contributed by atoms with Crippen LogP contribution in [0.15, 0.2) is 40.0 Å². The van der Waals surface area contributed by atoms with Gasteiger partial charge in [-0.15, -0.1) is 24.0 Å². The first-order chi connectivity index (χ1) is 14.1. The number of hydrogen-bond donors (Lipinski definition) is 2. The van der Waals surface area contributed by atoms with Gasteiger partial charge in [-0.2, -0.15) is 11.3 Å². The zero-order valence-electron chi connectivity index (χ0n) is 17.7. The SMILES string of the molecule is CN=C(NCC(C)c1ccsc1)NCC1(c2cc(Cl)ccc2OC)CCOCC1.I. The van der Waals surface area contributed by atoms with Gasteiger partial charge in [0.05, 0.1) is 7.11 Å². The predicted molar refractivity (Wildman–Crippen MR) is 137 cm³/mol. The van der Waals surface area contributed by atoms with Gasteiger partial charge in [0.1, 0.15) is 5.75 Å². The standard InChI is InChI=1S/C22H30ClN3O2S.HI/c1-16(17-6-11-29-14-17)13-25-21(24-2)26-15-22(7-9-28-10-8-22)19-12-18(23)4-5-20(19)27-3;/h4-6,11-12,14,16H,7-10,13,15H2,1-3H3,(H2,24,25,26);1H. The number of methoxy groups -OCH3 is 1. The molecule has 5 nitrogen and oxygen atoms in total. The molecule has 30 heavy (non-hydrogen) atoms. The predicted octanol–water partition coefficient (Wildman–Crippen LogP) is 5.05. The van der Waals surface area contributed by atoms with Crippen LogP contribution in [0.25, 0.3) is 0 Å². The van der Waals surface area contributed by atoms with Crippen LogP contribution < -0.4 is 15.4 Å². The van der Waals surface area contributed by atoms with Crippen LogP contribution in [0.4, 0.5) is 0 Å². The van der Waals surface area contributed by atoms with Crippen LogP contribution in [0.3, 0.4) is 0 Å². The minimum atomic E-state index is -0.120. The zero-order valence-corrected chi connectivity index (χ0v) is 21.6. The summed E-state index contributed by atoms with van der Waals surface area (Å²) in [5.41, 5.74) is 2.36. The summed E-state index contributed by atoms with van der Waals surface area (Å²) in [5, 5.41) is 12.0. The Bertz CT molecular complexity index is 811. The maximum atomic E-state index is 6.34. The first kappa shape index (κ1) is 25.2. The Morgan fingerprint density at radius 2 is 2.07 bits per heavy atom. The zero-order chi connectivity index (χ0) is 20.7. The molecule has 0 saturated carbocycles. The summed E-state index contributed by atoms with van der Waals surface area (Å²) in [6.45, 7) is 5.23. The molecule has 8 heteroatoms. The third-order valence-corrected chi connectivity index (χ3v) is 6.63. The van der Waals surface area contributed by atoms with E-state index in [9.17, 15) is 0 Å². The first-order valence-corrected chi connectivity index (χ1v) is 11.3. The average Bonchev–Trinajstić information content (AvgIpc) is 3.29. The average molecular weight is 564 g/mol. The lowest BCUT2D eigenvalue weighted by Gasteiger charge is -2.39. The third-order valence-electron chi connectivity index (χ3n) is 5.69. The number of nitrogens with zero attached hydrogens (tertiary/aromatic N) is 1. The molecular formula is C22H31ClIN3O2S. The number of nitrogens with one attached hydrogen (secondary N) is 2. The van der Waals surface area contributed by atoms with Crippen molar-refractivity contribution in [3.8, 4) is 5.75 Å². The van der Waals surface area contributed by atoms with Crippen molar-refractivity contribution in [2.45, 2.75) is 31.1 Å². The molecule has 2 heterocycles. The summed E-state index contributed by atoms with van der Waals surface area (Å²) >= 11 is 8.07. The van der Waals surface area contributed by atoms with Gasteiger partial charge in [-0.05, 0) is 59.3 Å². The minimum Gasteiger partial charge on any atom is -0.496 e. The van der Waals surface area contributed by atoms with Crippen molar-refractivity contribution in [2.24, 2.45) is 4.99 Å². The summed E-state index contributed by atoms with van der Waals surface area (Å²) in [5.74, 6) is 2.09. The van der Waals surface area contributed by atoms with Gasteiger partial charge in [0, 0.05) is 49.4 Å². The third kappa shape index (κ3) is 6.24. The van der Waals surface area contributed by atoms with E-state index in [0.717, 1.165) is 61.4 Å². The molecule has 1 fully saturated rings. The maximum Gasteiger partial charge on any atom is 0.191 e. The Morgan fingerprint density at radius 3 is 2.70 bits per heavy atom. The highest BCUT2D eigenvalue weighted by Gasteiger charge is 2.37. The second kappa shape index (κ2) is 12.1. The molecule has 0 spiro atoms. The Balaban J connectivity index is 0.00000320. The fourth-order valence-electron chi connectivity index (χ4n) is 3.79. The highest BCUT2D eigenvalue weighted by molar-refractivity contribution is 14.0. The van der Waals surface area contributed by atoms with E-state index < -0.39 is 0 Å². The lowest BCUT2D eigenvalue weighted by Crippen LogP contribution is -2.48. The summed E-state index contributed by atoms with van der Waals surface area (Å²) in [7, 11) is 3.51. The van der Waals surface area contributed by atoms with Gasteiger partial charge in [-0.3, -0.25) is 4.99 Å². The molecule has 2 N–H and O–H groups in total. The molecule has 2 aromatic rings. The normalized spacial score (nSPS) is 17.0. The molecule has 0 bridgehead atoms. The minimum absolute atomic E-state index is 0. The van der Waals surface area contributed by atoms with E-state index in [1.807, 2.05) is 18.2 Å². The van der Waals surface area contributed by atoms with Crippen molar-refractivity contribution in [2.75, 3.05) is 40.5 Å².